The summed E-state index contributed by atoms with van der Waals surface area (Å²) < 4.78 is 24.4. The van der Waals surface area contributed by atoms with Crippen LogP contribution in [-0.2, 0) is 0 Å². The Labute approximate surface area is 109 Å². The second-order valence-corrected chi connectivity index (χ2v) is 4.35. The Morgan fingerprint density at radius 2 is 2.16 bits per heavy atom. The van der Waals surface area contributed by atoms with E-state index in [0.29, 0.717) is 17.1 Å². The minimum absolute atomic E-state index is 0.293. The van der Waals surface area contributed by atoms with Crippen molar-refractivity contribution >= 4 is 11.0 Å². The number of benzene rings is 1. The molecule has 3 aromatic rings. The summed E-state index contributed by atoms with van der Waals surface area (Å²) in [7, 11) is 0. The van der Waals surface area contributed by atoms with Crippen molar-refractivity contribution < 1.29 is 13.2 Å². The van der Waals surface area contributed by atoms with Crippen molar-refractivity contribution in [2.75, 3.05) is 0 Å². The number of hydrogen-bond donors (Lipinski definition) is 2. The number of nitrogens with one attached hydrogen (secondary N) is 1. The molecule has 98 valence electrons. The van der Waals surface area contributed by atoms with E-state index in [1.54, 1.807) is 24.5 Å². The summed E-state index contributed by atoms with van der Waals surface area (Å²) in [6, 6.07) is 7.61. The molecule has 0 aliphatic rings. The molecule has 1 aromatic carbocycles. The van der Waals surface area contributed by atoms with Crippen LogP contribution in [0.25, 0.3) is 11.0 Å². The summed E-state index contributed by atoms with van der Waals surface area (Å²) in [5, 5.41) is 0.738. The lowest BCUT2D eigenvalue weighted by molar-refractivity contribution is 0.401. The van der Waals surface area contributed by atoms with Crippen LogP contribution in [0.2, 0.25) is 0 Å². The van der Waals surface area contributed by atoms with Gasteiger partial charge in [-0.2, -0.15) is 0 Å². The van der Waals surface area contributed by atoms with Gasteiger partial charge in [0.25, 0.3) is 0 Å². The number of hydrogen-bond acceptors (Lipinski definition) is 4. The molecule has 19 heavy (non-hydrogen) atoms. The van der Waals surface area contributed by atoms with Crippen LogP contribution < -0.4 is 11.3 Å². The highest BCUT2D eigenvalue weighted by Crippen LogP contribution is 2.32. The zero-order chi connectivity index (χ0) is 13.4. The van der Waals surface area contributed by atoms with Crippen LogP contribution in [0, 0.1) is 12.7 Å². The molecule has 1 unspecified atom stereocenters. The minimum atomic E-state index is -0.398. The number of hydrazine groups is 1. The molecule has 0 aliphatic heterocycles. The van der Waals surface area contributed by atoms with Gasteiger partial charge in [-0.3, -0.25) is 5.84 Å². The lowest BCUT2D eigenvalue weighted by Crippen LogP contribution is -2.28. The van der Waals surface area contributed by atoms with Crippen molar-refractivity contribution in [1.29, 1.82) is 0 Å². The fraction of sp³-hybridized carbons (Fsp3) is 0.143. The Balaban J connectivity index is 2.16. The Hall–Kier alpha value is -2.11. The van der Waals surface area contributed by atoms with Gasteiger partial charge < -0.3 is 8.83 Å². The molecule has 0 spiro atoms. The van der Waals surface area contributed by atoms with E-state index in [4.69, 9.17) is 14.7 Å². The molecule has 0 aliphatic carbocycles. The SMILES string of the molecule is Cc1c(C(NN)c2ccco2)oc2ccc(F)cc12. The third kappa shape index (κ3) is 1.93. The number of nitrogens with two attached hydrogens (primary N) is 1. The molecule has 0 radical (unpaired) electrons. The van der Waals surface area contributed by atoms with E-state index in [2.05, 4.69) is 5.43 Å². The number of rotatable bonds is 3. The fourth-order valence-electron chi connectivity index (χ4n) is 2.23. The predicted molar refractivity (Wildman–Crippen MR) is 68.8 cm³/mol. The van der Waals surface area contributed by atoms with Crippen molar-refractivity contribution in [3.63, 3.8) is 0 Å². The summed E-state index contributed by atoms with van der Waals surface area (Å²) in [4.78, 5) is 0. The van der Waals surface area contributed by atoms with E-state index in [-0.39, 0.29) is 5.82 Å². The fourth-order valence-corrected chi connectivity index (χ4v) is 2.23. The van der Waals surface area contributed by atoms with E-state index in [9.17, 15) is 4.39 Å². The van der Waals surface area contributed by atoms with Gasteiger partial charge in [0.15, 0.2) is 0 Å². The van der Waals surface area contributed by atoms with Crippen molar-refractivity contribution in [2.24, 2.45) is 5.84 Å². The number of furan rings is 2. The monoisotopic (exact) mass is 260 g/mol. The zero-order valence-corrected chi connectivity index (χ0v) is 10.3. The van der Waals surface area contributed by atoms with Crippen LogP contribution >= 0.6 is 0 Å². The first-order valence-corrected chi connectivity index (χ1v) is 5.89. The summed E-state index contributed by atoms with van der Waals surface area (Å²) in [5.41, 5.74) is 4.12. The van der Waals surface area contributed by atoms with Gasteiger partial charge in [-0.25, -0.2) is 9.82 Å². The number of aryl methyl sites for hydroxylation is 1. The van der Waals surface area contributed by atoms with Gasteiger partial charge in [0.1, 0.15) is 29.0 Å². The topological polar surface area (TPSA) is 64.3 Å². The highest BCUT2D eigenvalue weighted by Gasteiger charge is 2.23. The van der Waals surface area contributed by atoms with E-state index >= 15 is 0 Å². The normalized spacial score (nSPS) is 13.0. The molecule has 3 N–H and O–H groups in total. The quantitative estimate of drug-likeness (QED) is 0.561. The molecule has 4 nitrogen and oxygen atoms in total. The second kappa shape index (κ2) is 4.53. The maximum absolute atomic E-state index is 13.3. The molecule has 1 atom stereocenters. The summed E-state index contributed by atoms with van der Waals surface area (Å²) >= 11 is 0. The molecule has 0 amide bonds. The number of halogens is 1. The van der Waals surface area contributed by atoms with Crippen LogP contribution in [0.5, 0.6) is 0 Å². The van der Waals surface area contributed by atoms with E-state index in [1.807, 2.05) is 6.92 Å². The van der Waals surface area contributed by atoms with Gasteiger partial charge in [-0.05, 0) is 37.3 Å². The van der Waals surface area contributed by atoms with E-state index in [0.717, 1.165) is 10.9 Å². The van der Waals surface area contributed by atoms with Crippen molar-refractivity contribution in [3.8, 4) is 0 Å². The van der Waals surface area contributed by atoms with E-state index < -0.39 is 6.04 Å². The third-order valence-corrected chi connectivity index (χ3v) is 3.19. The maximum Gasteiger partial charge on any atom is 0.137 e. The summed E-state index contributed by atoms with van der Waals surface area (Å²) in [6.45, 7) is 1.87. The zero-order valence-electron chi connectivity index (χ0n) is 10.3. The van der Waals surface area contributed by atoms with Gasteiger partial charge in [0.05, 0.1) is 6.26 Å². The minimum Gasteiger partial charge on any atom is -0.467 e. The van der Waals surface area contributed by atoms with Crippen molar-refractivity contribution in [3.05, 3.63) is 59.5 Å². The van der Waals surface area contributed by atoms with Gasteiger partial charge >= 0.3 is 0 Å². The smallest absolute Gasteiger partial charge is 0.137 e. The molecule has 2 heterocycles. The molecule has 0 saturated heterocycles. The molecular formula is C14H13FN2O2. The van der Waals surface area contributed by atoms with Crippen LogP contribution in [0.15, 0.2) is 45.4 Å². The summed E-state index contributed by atoms with van der Waals surface area (Å²) in [6.07, 6.45) is 1.57. The number of fused-ring (bicyclic) bond motifs is 1. The Kier molecular flexibility index (Phi) is 2.85. The highest BCUT2D eigenvalue weighted by atomic mass is 19.1. The average molecular weight is 260 g/mol. The Morgan fingerprint density at radius 1 is 1.32 bits per heavy atom. The molecule has 3 rings (SSSR count). The second-order valence-electron chi connectivity index (χ2n) is 4.35. The van der Waals surface area contributed by atoms with Crippen LogP contribution in [0.1, 0.15) is 23.1 Å². The maximum atomic E-state index is 13.3. The van der Waals surface area contributed by atoms with Crippen LogP contribution in [0.4, 0.5) is 4.39 Å². The van der Waals surface area contributed by atoms with Crippen molar-refractivity contribution in [2.45, 2.75) is 13.0 Å². The third-order valence-electron chi connectivity index (χ3n) is 3.19. The largest absolute Gasteiger partial charge is 0.467 e. The first kappa shape index (κ1) is 12.0. The van der Waals surface area contributed by atoms with Crippen molar-refractivity contribution in [1.82, 2.24) is 5.43 Å². The predicted octanol–water partition coefficient (Wildman–Crippen LogP) is 3.03. The molecule has 0 fully saturated rings. The average Bonchev–Trinajstić information content (AvgIpc) is 3.02. The Morgan fingerprint density at radius 3 is 2.84 bits per heavy atom. The molecule has 2 aromatic heterocycles. The molecule has 0 bridgehead atoms. The lowest BCUT2D eigenvalue weighted by atomic mass is 10.1. The highest BCUT2D eigenvalue weighted by molar-refractivity contribution is 5.82. The first-order valence-electron chi connectivity index (χ1n) is 5.89. The standard InChI is InChI=1S/C14H13FN2O2/c1-8-10-7-9(15)4-5-11(10)19-14(8)13(17-16)12-3-2-6-18-12/h2-7,13,17H,16H2,1H3. The van der Waals surface area contributed by atoms with E-state index in [1.165, 1.54) is 12.1 Å². The van der Waals surface area contributed by atoms with Gasteiger partial charge in [0.2, 0.25) is 0 Å². The molecular weight excluding hydrogens is 247 g/mol. The van der Waals surface area contributed by atoms with Gasteiger partial charge in [-0.15, -0.1) is 0 Å². The van der Waals surface area contributed by atoms with Gasteiger partial charge in [-0.1, -0.05) is 0 Å². The Bertz CT molecular complexity index is 704. The van der Waals surface area contributed by atoms with Crippen LogP contribution in [0.3, 0.4) is 0 Å². The first-order chi connectivity index (χ1) is 9.20. The summed E-state index contributed by atoms with van der Waals surface area (Å²) in [5.74, 6) is 6.55. The molecule has 0 saturated carbocycles. The van der Waals surface area contributed by atoms with Gasteiger partial charge in [0, 0.05) is 10.9 Å². The van der Waals surface area contributed by atoms with Crippen LogP contribution in [-0.4, -0.2) is 0 Å². The molecule has 5 heteroatoms. The lowest BCUT2D eigenvalue weighted by Gasteiger charge is -2.11.